The number of imidazole rings is 1. The van der Waals surface area contributed by atoms with Crippen LogP contribution < -0.4 is 21.7 Å². The quantitative estimate of drug-likeness (QED) is 0.215. The van der Waals surface area contributed by atoms with E-state index in [9.17, 15) is 19.2 Å². The maximum absolute atomic E-state index is 11.9. The minimum atomic E-state index is -1.22. The fourth-order valence-corrected chi connectivity index (χ4v) is 2.02. The summed E-state index contributed by atoms with van der Waals surface area (Å²) in [6.07, 6.45) is 2.86. The van der Waals surface area contributed by atoms with E-state index < -0.39 is 48.4 Å². The number of hydrogen-bond acceptors (Lipinski definition) is 7. The lowest BCUT2D eigenvalue weighted by atomic mass is 10.1. The second-order valence-corrected chi connectivity index (χ2v) is 5.84. The van der Waals surface area contributed by atoms with Gasteiger partial charge in [0.15, 0.2) is 0 Å². The van der Waals surface area contributed by atoms with Crippen molar-refractivity contribution in [2.24, 2.45) is 5.73 Å². The Hall–Kier alpha value is -2.60. The number of aromatic nitrogens is 2. The van der Waals surface area contributed by atoms with Crippen molar-refractivity contribution in [3.63, 3.8) is 0 Å². The van der Waals surface area contributed by atoms with E-state index in [1.807, 2.05) is 0 Å². The fraction of sp³-hybridized carbons (Fsp3) is 0.500. The van der Waals surface area contributed by atoms with Crippen molar-refractivity contribution in [1.82, 2.24) is 25.9 Å². The summed E-state index contributed by atoms with van der Waals surface area (Å²) in [7, 11) is 0. The van der Waals surface area contributed by atoms with Crippen molar-refractivity contribution in [3.8, 4) is 0 Å². The molecule has 1 heterocycles. The third-order valence-corrected chi connectivity index (χ3v) is 3.71. The summed E-state index contributed by atoms with van der Waals surface area (Å²) in [6, 6.07) is -2.94. The highest BCUT2D eigenvalue weighted by molar-refractivity contribution is 7.80. The number of H-pyrrole nitrogens is 1. The van der Waals surface area contributed by atoms with Crippen LogP contribution in [-0.2, 0) is 25.6 Å². The first-order chi connectivity index (χ1) is 12.2. The van der Waals surface area contributed by atoms with Crippen LogP contribution in [0.4, 0.5) is 0 Å². The Kier molecular flexibility index (Phi) is 8.58. The Morgan fingerprint density at radius 1 is 1.31 bits per heavy atom. The van der Waals surface area contributed by atoms with Crippen LogP contribution in [0.5, 0.6) is 0 Å². The van der Waals surface area contributed by atoms with Gasteiger partial charge in [0.05, 0.1) is 18.9 Å². The SMILES string of the molecule is CC(NC(=O)C(N)CS)C(=O)NCC(=O)NC(Cc1cnc[nH]1)C(=O)O. The molecule has 144 valence electrons. The van der Waals surface area contributed by atoms with Gasteiger partial charge in [0.25, 0.3) is 0 Å². The van der Waals surface area contributed by atoms with Gasteiger partial charge in [0, 0.05) is 24.1 Å². The molecule has 0 aliphatic rings. The number of nitrogens with two attached hydrogens (primary N) is 1. The van der Waals surface area contributed by atoms with E-state index in [-0.39, 0.29) is 12.2 Å². The van der Waals surface area contributed by atoms with Crippen LogP contribution in [0.3, 0.4) is 0 Å². The van der Waals surface area contributed by atoms with Gasteiger partial charge in [-0.05, 0) is 6.92 Å². The second kappa shape index (κ2) is 10.4. The summed E-state index contributed by atoms with van der Waals surface area (Å²) in [4.78, 5) is 53.0. The van der Waals surface area contributed by atoms with Gasteiger partial charge in [-0.15, -0.1) is 0 Å². The number of carboxylic acids is 1. The molecule has 0 saturated heterocycles. The highest BCUT2D eigenvalue weighted by Gasteiger charge is 2.23. The molecule has 0 fully saturated rings. The van der Waals surface area contributed by atoms with Crippen molar-refractivity contribution < 1.29 is 24.3 Å². The number of aromatic amines is 1. The molecule has 11 nitrogen and oxygen atoms in total. The number of nitrogens with zero attached hydrogens (tertiary/aromatic N) is 1. The topological polar surface area (TPSA) is 179 Å². The van der Waals surface area contributed by atoms with Crippen LogP contribution >= 0.6 is 12.6 Å². The van der Waals surface area contributed by atoms with Crippen LogP contribution in [0.2, 0.25) is 0 Å². The van der Waals surface area contributed by atoms with Gasteiger partial charge in [-0.2, -0.15) is 12.6 Å². The predicted octanol–water partition coefficient (Wildman–Crippen LogP) is -2.60. The molecular formula is C14H22N6O5S. The number of aliphatic carboxylic acids is 1. The lowest BCUT2D eigenvalue weighted by molar-refractivity contribution is -0.141. The Morgan fingerprint density at radius 3 is 2.54 bits per heavy atom. The number of carbonyl (C=O) groups excluding carboxylic acids is 3. The number of thiol groups is 1. The number of hydrogen-bond donors (Lipinski definition) is 7. The summed E-state index contributed by atoms with van der Waals surface area (Å²) in [5, 5.41) is 16.1. The molecule has 0 bridgehead atoms. The molecular weight excluding hydrogens is 364 g/mol. The summed E-state index contributed by atoms with van der Waals surface area (Å²) >= 11 is 3.88. The van der Waals surface area contributed by atoms with Crippen molar-refractivity contribution in [2.45, 2.75) is 31.5 Å². The Morgan fingerprint density at radius 2 is 2.00 bits per heavy atom. The van der Waals surface area contributed by atoms with E-state index in [0.29, 0.717) is 5.69 Å². The van der Waals surface area contributed by atoms with Gasteiger partial charge in [-0.1, -0.05) is 0 Å². The maximum atomic E-state index is 11.9. The minimum absolute atomic E-state index is 0.0170. The minimum Gasteiger partial charge on any atom is -0.480 e. The van der Waals surface area contributed by atoms with Crippen LogP contribution in [0.15, 0.2) is 12.5 Å². The third-order valence-electron chi connectivity index (χ3n) is 3.32. The standard InChI is InChI=1S/C14H22N6O5S/c1-7(19-13(23)9(15)5-26)12(22)17-4-11(21)20-10(14(24)25)2-8-3-16-6-18-8/h3,6-7,9-10,26H,2,4-5,15H2,1H3,(H,16,18)(H,17,22)(H,19,23)(H,20,21)(H,24,25). The van der Waals surface area contributed by atoms with E-state index in [0.717, 1.165) is 0 Å². The van der Waals surface area contributed by atoms with Crippen LogP contribution in [0, 0.1) is 0 Å². The lowest BCUT2D eigenvalue weighted by Crippen LogP contribution is -2.52. The van der Waals surface area contributed by atoms with Gasteiger partial charge in [0.1, 0.15) is 12.1 Å². The molecule has 0 aliphatic heterocycles. The molecule has 3 atom stereocenters. The van der Waals surface area contributed by atoms with Crippen LogP contribution in [-0.4, -0.2) is 69.2 Å². The summed E-state index contributed by atoms with van der Waals surface area (Å²) < 4.78 is 0. The highest BCUT2D eigenvalue weighted by atomic mass is 32.1. The van der Waals surface area contributed by atoms with E-state index in [2.05, 4.69) is 38.5 Å². The zero-order valence-electron chi connectivity index (χ0n) is 14.1. The molecule has 1 aromatic rings. The zero-order chi connectivity index (χ0) is 19.7. The van der Waals surface area contributed by atoms with Gasteiger partial charge < -0.3 is 31.8 Å². The first-order valence-corrected chi connectivity index (χ1v) is 8.31. The van der Waals surface area contributed by atoms with E-state index in [1.54, 1.807) is 0 Å². The van der Waals surface area contributed by atoms with Crippen molar-refractivity contribution in [1.29, 1.82) is 0 Å². The normalized spacial score (nSPS) is 14.0. The average molecular weight is 386 g/mol. The number of rotatable bonds is 10. The molecule has 0 radical (unpaired) electrons. The molecule has 12 heteroatoms. The van der Waals surface area contributed by atoms with Crippen LogP contribution in [0.25, 0.3) is 0 Å². The Bertz CT molecular complexity index is 638. The zero-order valence-corrected chi connectivity index (χ0v) is 15.0. The molecule has 7 N–H and O–H groups in total. The van der Waals surface area contributed by atoms with E-state index >= 15 is 0 Å². The van der Waals surface area contributed by atoms with Gasteiger partial charge in [0.2, 0.25) is 17.7 Å². The first kappa shape index (κ1) is 21.4. The average Bonchev–Trinajstić information content (AvgIpc) is 3.11. The molecule has 0 saturated carbocycles. The fourth-order valence-electron chi connectivity index (χ4n) is 1.85. The van der Waals surface area contributed by atoms with Crippen molar-refractivity contribution >= 4 is 36.3 Å². The van der Waals surface area contributed by atoms with Crippen LogP contribution in [0.1, 0.15) is 12.6 Å². The number of carboxylic acid groups (broad SMARTS) is 1. The molecule has 3 amide bonds. The third kappa shape index (κ3) is 7.11. The van der Waals surface area contributed by atoms with E-state index in [1.165, 1.54) is 19.4 Å². The molecule has 1 rings (SSSR count). The molecule has 0 spiro atoms. The van der Waals surface area contributed by atoms with Gasteiger partial charge >= 0.3 is 5.97 Å². The Labute approximate surface area is 154 Å². The van der Waals surface area contributed by atoms with Crippen molar-refractivity contribution in [3.05, 3.63) is 18.2 Å². The largest absolute Gasteiger partial charge is 0.480 e. The van der Waals surface area contributed by atoms with Gasteiger partial charge in [-0.3, -0.25) is 14.4 Å². The highest BCUT2D eigenvalue weighted by Crippen LogP contribution is 1.98. The maximum Gasteiger partial charge on any atom is 0.326 e. The predicted molar refractivity (Wildman–Crippen MR) is 94.3 cm³/mol. The molecule has 0 aromatic carbocycles. The second-order valence-electron chi connectivity index (χ2n) is 5.48. The van der Waals surface area contributed by atoms with E-state index in [4.69, 9.17) is 10.8 Å². The lowest BCUT2D eigenvalue weighted by Gasteiger charge is -2.17. The summed E-state index contributed by atoms with van der Waals surface area (Å²) in [5.41, 5.74) is 6.02. The monoisotopic (exact) mass is 386 g/mol. The van der Waals surface area contributed by atoms with Gasteiger partial charge in [-0.25, -0.2) is 9.78 Å². The number of amides is 3. The first-order valence-electron chi connectivity index (χ1n) is 7.68. The molecule has 0 aliphatic carbocycles. The number of carbonyl (C=O) groups is 4. The Balaban J connectivity index is 2.44. The molecule has 3 unspecified atom stereocenters. The van der Waals surface area contributed by atoms with Crippen molar-refractivity contribution in [2.75, 3.05) is 12.3 Å². The summed E-state index contributed by atoms with van der Waals surface area (Å²) in [6.45, 7) is 0.985. The smallest absolute Gasteiger partial charge is 0.326 e. The summed E-state index contributed by atoms with van der Waals surface area (Å²) in [5.74, 6) is -2.94. The number of nitrogens with one attached hydrogen (secondary N) is 4. The molecule has 1 aromatic heterocycles. The molecule has 26 heavy (non-hydrogen) atoms.